The van der Waals surface area contributed by atoms with E-state index in [0.29, 0.717) is 13.2 Å². The minimum atomic E-state index is 0.0816. The lowest BCUT2D eigenvalue weighted by Crippen LogP contribution is -2.33. The molecule has 1 heterocycles. The maximum absolute atomic E-state index is 5.92. The first-order chi connectivity index (χ1) is 9.61. The largest absolute Gasteiger partial charge is 0.459 e. The molecule has 4 heteroatoms. The number of hydrogen-bond acceptors (Lipinski definition) is 4. The zero-order valence-corrected chi connectivity index (χ0v) is 12.5. The minimum Gasteiger partial charge on any atom is -0.459 e. The second-order valence-corrected chi connectivity index (χ2v) is 5.34. The van der Waals surface area contributed by atoms with Crippen LogP contribution in [0.15, 0.2) is 34.7 Å². The summed E-state index contributed by atoms with van der Waals surface area (Å²) in [5.74, 6) is 0.917. The zero-order chi connectivity index (χ0) is 14.5. The molecule has 0 saturated carbocycles. The van der Waals surface area contributed by atoms with Crippen molar-refractivity contribution in [3.05, 3.63) is 36.1 Å². The predicted molar refractivity (Wildman–Crippen MR) is 81.7 cm³/mol. The number of likely N-dealkylation sites (N-methyl/N-ethyl adjacent to an activating group) is 1. The first kappa shape index (κ1) is 15.0. The Morgan fingerprint density at radius 3 is 2.70 bits per heavy atom. The monoisotopic (exact) mass is 276 g/mol. The Balaban J connectivity index is 2.06. The van der Waals surface area contributed by atoms with E-state index in [1.165, 1.54) is 0 Å². The molecule has 2 N–H and O–H groups in total. The molecule has 0 bridgehead atoms. The molecule has 4 nitrogen and oxygen atoms in total. The lowest BCUT2D eigenvalue weighted by atomic mass is 10.2. The fourth-order valence-corrected chi connectivity index (χ4v) is 2.27. The van der Waals surface area contributed by atoms with Crippen molar-refractivity contribution >= 4 is 11.0 Å². The van der Waals surface area contributed by atoms with Crippen molar-refractivity contribution < 1.29 is 9.15 Å². The van der Waals surface area contributed by atoms with Crippen molar-refractivity contribution in [2.24, 2.45) is 5.73 Å². The van der Waals surface area contributed by atoms with Gasteiger partial charge in [0, 0.05) is 18.5 Å². The molecule has 0 saturated heterocycles. The summed E-state index contributed by atoms with van der Waals surface area (Å²) < 4.78 is 11.5. The van der Waals surface area contributed by atoms with Gasteiger partial charge in [0.1, 0.15) is 11.3 Å². The van der Waals surface area contributed by atoms with Crippen molar-refractivity contribution in [2.45, 2.75) is 26.0 Å². The van der Waals surface area contributed by atoms with Gasteiger partial charge in [-0.3, -0.25) is 4.90 Å². The first-order valence-electron chi connectivity index (χ1n) is 7.12. The number of para-hydroxylation sites is 1. The molecule has 2 rings (SSSR count). The number of furan rings is 1. The number of fused-ring (bicyclic) bond motifs is 1. The van der Waals surface area contributed by atoms with Gasteiger partial charge < -0.3 is 14.9 Å². The van der Waals surface area contributed by atoms with E-state index in [-0.39, 0.29) is 12.1 Å². The van der Waals surface area contributed by atoms with Crippen LogP contribution in [-0.4, -0.2) is 37.7 Å². The molecule has 2 aromatic rings. The molecule has 0 spiro atoms. The second kappa shape index (κ2) is 6.88. The molecule has 110 valence electrons. The van der Waals surface area contributed by atoms with Crippen LogP contribution in [0.3, 0.4) is 0 Å². The third-order valence-corrected chi connectivity index (χ3v) is 3.42. The molecule has 0 radical (unpaired) electrons. The highest BCUT2D eigenvalue weighted by molar-refractivity contribution is 5.77. The van der Waals surface area contributed by atoms with Crippen LogP contribution in [0, 0.1) is 0 Å². The third kappa shape index (κ3) is 3.60. The van der Waals surface area contributed by atoms with E-state index < -0.39 is 0 Å². The molecular formula is C16H24N2O2. The van der Waals surface area contributed by atoms with Gasteiger partial charge in [-0.05, 0) is 33.0 Å². The van der Waals surface area contributed by atoms with Crippen LogP contribution in [0.25, 0.3) is 11.0 Å². The summed E-state index contributed by atoms with van der Waals surface area (Å²) >= 11 is 0. The summed E-state index contributed by atoms with van der Waals surface area (Å²) in [5.41, 5.74) is 6.83. The van der Waals surface area contributed by atoms with Gasteiger partial charge in [0.05, 0.1) is 18.8 Å². The standard InChI is InChI=1S/C16H24N2O2/c1-12(2)19-9-8-18(3)14(11-17)16-10-13-6-4-5-7-15(13)20-16/h4-7,10,12,14H,8-9,11,17H2,1-3H3. The average Bonchev–Trinajstić information content (AvgIpc) is 2.82. The Kier molecular flexibility index (Phi) is 5.17. The molecule has 1 unspecified atom stereocenters. The zero-order valence-electron chi connectivity index (χ0n) is 12.5. The van der Waals surface area contributed by atoms with Crippen LogP contribution in [0.4, 0.5) is 0 Å². The van der Waals surface area contributed by atoms with E-state index in [9.17, 15) is 0 Å². The van der Waals surface area contributed by atoms with Gasteiger partial charge in [-0.25, -0.2) is 0 Å². The lowest BCUT2D eigenvalue weighted by molar-refractivity contribution is 0.0545. The highest BCUT2D eigenvalue weighted by atomic mass is 16.5. The van der Waals surface area contributed by atoms with Crippen LogP contribution in [0.1, 0.15) is 25.6 Å². The summed E-state index contributed by atoms with van der Waals surface area (Å²) in [4.78, 5) is 2.18. The van der Waals surface area contributed by atoms with Gasteiger partial charge in [0.25, 0.3) is 0 Å². The Hall–Kier alpha value is -1.36. The topological polar surface area (TPSA) is 51.6 Å². The van der Waals surface area contributed by atoms with Crippen LogP contribution in [-0.2, 0) is 4.74 Å². The molecule has 20 heavy (non-hydrogen) atoms. The van der Waals surface area contributed by atoms with Gasteiger partial charge >= 0.3 is 0 Å². The molecule has 0 amide bonds. The Morgan fingerprint density at radius 1 is 1.30 bits per heavy atom. The van der Waals surface area contributed by atoms with Gasteiger partial charge in [-0.1, -0.05) is 18.2 Å². The highest BCUT2D eigenvalue weighted by Gasteiger charge is 2.19. The minimum absolute atomic E-state index is 0.0816. The molecule has 1 aromatic heterocycles. The predicted octanol–water partition coefficient (Wildman–Crippen LogP) is 2.79. The van der Waals surface area contributed by atoms with Gasteiger partial charge in [0.15, 0.2) is 0 Å². The smallest absolute Gasteiger partial charge is 0.134 e. The quantitative estimate of drug-likeness (QED) is 0.845. The highest BCUT2D eigenvalue weighted by Crippen LogP contribution is 2.26. The van der Waals surface area contributed by atoms with Crippen LogP contribution in [0.5, 0.6) is 0 Å². The van der Waals surface area contributed by atoms with Crippen LogP contribution >= 0.6 is 0 Å². The van der Waals surface area contributed by atoms with E-state index in [2.05, 4.69) is 24.1 Å². The lowest BCUT2D eigenvalue weighted by Gasteiger charge is -2.25. The number of rotatable bonds is 7. The molecule has 0 aliphatic rings. The number of nitrogens with two attached hydrogens (primary N) is 1. The number of benzene rings is 1. The van der Waals surface area contributed by atoms with Gasteiger partial charge in [-0.15, -0.1) is 0 Å². The van der Waals surface area contributed by atoms with E-state index in [1.54, 1.807) is 0 Å². The maximum Gasteiger partial charge on any atom is 0.134 e. The molecule has 0 fully saturated rings. The molecule has 0 aliphatic heterocycles. The molecule has 1 aromatic carbocycles. The van der Waals surface area contributed by atoms with Crippen molar-refractivity contribution in [3.63, 3.8) is 0 Å². The Labute approximate surface area is 120 Å². The number of nitrogens with zero attached hydrogens (tertiary/aromatic N) is 1. The fourth-order valence-electron chi connectivity index (χ4n) is 2.27. The normalized spacial score (nSPS) is 13.5. The van der Waals surface area contributed by atoms with Gasteiger partial charge in [-0.2, -0.15) is 0 Å². The van der Waals surface area contributed by atoms with Crippen molar-refractivity contribution in [2.75, 3.05) is 26.7 Å². The number of ether oxygens (including phenoxy) is 1. The van der Waals surface area contributed by atoms with E-state index in [0.717, 1.165) is 23.3 Å². The SMILES string of the molecule is CC(C)OCCN(C)C(CN)c1cc2ccccc2o1. The Bertz CT molecular complexity index is 503. The Morgan fingerprint density at radius 2 is 2.05 bits per heavy atom. The second-order valence-electron chi connectivity index (χ2n) is 5.34. The number of hydrogen-bond donors (Lipinski definition) is 1. The summed E-state index contributed by atoms with van der Waals surface area (Å²) in [6, 6.07) is 10.2. The van der Waals surface area contributed by atoms with E-state index in [1.807, 2.05) is 32.0 Å². The molecule has 0 aliphatic carbocycles. The van der Waals surface area contributed by atoms with Crippen molar-refractivity contribution in [3.8, 4) is 0 Å². The maximum atomic E-state index is 5.92. The third-order valence-electron chi connectivity index (χ3n) is 3.42. The summed E-state index contributed by atoms with van der Waals surface area (Å²) in [7, 11) is 2.05. The van der Waals surface area contributed by atoms with Gasteiger partial charge in [0.2, 0.25) is 0 Å². The summed E-state index contributed by atoms with van der Waals surface area (Å²) in [6.07, 6.45) is 0.255. The van der Waals surface area contributed by atoms with Crippen molar-refractivity contribution in [1.29, 1.82) is 0 Å². The van der Waals surface area contributed by atoms with E-state index >= 15 is 0 Å². The van der Waals surface area contributed by atoms with Crippen LogP contribution in [0.2, 0.25) is 0 Å². The van der Waals surface area contributed by atoms with Crippen LogP contribution < -0.4 is 5.73 Å². The summed E-state index contributed by atoms with van der Waals surface area (Å²) in [5, 5.41) is 1.12. The fraction of sp³-hybridized carbons (Fsp3) is 0.500. The average molecular weight is 276 g/mol. The van der Waals surface area contributed by atoms with Crippen molar-refractivity contribution in [1.82, 2.24) is 4.90 Å². The molecule has 1 atom stereocenters. The first-order valence-corrected chi connectivity index (χ1v) is 7.12. The molecular weight excluding hydrogens is 252 g/mol. The summed E-state index contributed by atoms with van der Waals surface area (Å²) in [6.45, 7) is 6.14. The van der Waals surface area contributed by atoms with E-state index in [4.69, 9.17) is 14.9 Å².